The Bertz CT molecular complexity index is 463. The van der Waals surface area contributed by atoms with Gasteiger partial charge in [-0.1, -0.05) is 0 Å². The number of hydrogen-bond acceptors (Lipinski definition) is 4. The van der Waals surface area contributed by atoms with E-state index in [4.69, 9.17) is 5.73 Å². The average molecular weight is 313 g/mol. The van der Waals surface area contributed by atoms with Crippen LogP contribution in [0.15, 0.2) is 16.7 Å². The molecule has 0 spiro atoms. The first-order valence-corrected chi connectivity index (χ1v) is 6.69. The number of nitrogens with zero attached hydrogens (tertiary/aromatic N) is 3. The number of amides is 1. The van der Waals surface area contributed by atoms with E-state index in [1.807, 2.05) is 11.0 Å². The van der Waals surface area contributed by atoms with E-state index in [2.05, 4.69) is 20.9 Å². The smallest absolute Gasteiger partial charge is 0.244 e. The summed E-state index contributed by atoms with van der Waals surface area (Å²) in [4.78, 5) is 20.1. The molecule has 2 N–H and O–H groups in total. The van der Waals surface area contributed by atoms with Crippen LogP contribution in [-0.2, 0) is 4.79 Å². The third-order valence-electron chi connectivity index (χ3n) is 3.11. The lowest BCUT2D eigenvalue weighted by atomic mass is 10.2. The number of likely N-dealkylation sites (N-methyl/N-ethyl adjacent to an activating group) is 1. The normalized spacial score (nSPS) is 19.1. The van der Waals surface area contributed by atoms with Crippen LogP contribution in [0.2, 0.25) is 0 Å². The van der Waals surface area contributed by atoms with Gasteiger partial charge in [-0.3, -0.25) is 4.79 Å². The molecule has 2 heterocycles. The van der Waals surface area contributed by atoms with Gasteiger partial charge in [0.1, 0.15) is 6.04 Å². The molecule has 0 radical (unpaired) electrons. The number of nitrogens with two attached hydrogens (primary N) is 1. The maximum atomic E-state index is 12.1. The predicted molar refractivity (Wildman–Crippen MR) is 75.4 cm³/mol. The van der Waals surface area contributed by atoms with Crippen molar-refractivity contribution < 1.29 is 4.79 Å². The quantitative estimate of drug-likeness (QED) is 0.898. The minimum absolute atomic E-state index is 0.108. The second-order valence-electron chi connectivity index (χ2n) is 4.65. The molecule has 1 aliphatic rings. The van der Waals surface area contributed by atoms with Gasteiger partial charge in [0.25, 0.3) is 0 Å². The molecular weight excluding hydrogens is 296 g/mol. The molecule has 5 nitrogen and oxygen atoms in total. The molecule has 0 aliphatic carbocycles. The fourth-order valence-corrected chi connectivity index (χ4v) is 2.61. The first-order chi connectivity index (χ1) is 8.50. The standard InChI is InChI=1S/C12H17BrN4O/c1-16(2)12(18)10-4-3-5-17(10)11-9(14)6-8(13)7-15-11/h6-7,10H,3-5,14H2,1-2H3. The topological polar surface area (TPSA) is 62.5 Å². The number of carbonyl (C=O) groups is 1. The lowest BCUT2D eigenvalue weighted by Gasteiger charge is -2.27. The zero-order valence-electron chi connectivity index (χ0n) is 10.6. The van der Waals surface area contributed by atoms with Crippen molar-refractivity contribution in [2.45, 2.75) is 18.9 Å². The predicted octanol–water partition coefficient (Wildman–Crippen LogP) is 1.48. The maximum Gasteiger partial charge on any atom is 0.244 e. The highest BCUT2D eigenvalue weighted by atomic mass is 79.9. The Balaban J connectivity index is 2.29. The summed E-state index contributed by atoms with van der Waals surface area (Å²) in [6, 6.07) is 1.67. The van der Waals surface area contributed by atoms with Crippen molar-refractivity contribution in [3.8, 4) is 0 Å². The van der Waals surface area contributed by atoms with Gasteiger partial charge in [-0.05, 0) is 34.8 Å². The summed E-state index contributed by atoms with van der Waals surface area (Å²) >= 11 is 3.34. The van der Waals surface area contributed by atoms with Crippen molar-refractivity contribution in [2.24, 2.45) is 0 Å². The van der Waals surface area contributed by atoms with Crippen LogP contribution in [0.25, 0.3) is 0 Å². The van der Waals surface area contributed by atoms with Crippen molar-refractivity contribution in [1.82, 2.24) is 9.88 Å². The molecule has 1 aromatic heterocycles. The van der Waals surface area contributed by atoms with Gasteiger partial charge >= 0.3 is 0 Å². The number of rotatable bonds is 2. The molecule has 1 fully saturated rings. The highest BCUT2D eigenvalue weighted by Gasteiger charge is 2.33. The molecule has 1 amide bonds. The largest absolute Gasteiger partial charge is 0.396 e. The Morgan fingerprint density at radius 2 is 2.33 bits per heavy atom. The first kappa shape index (κ1) is 13.1. The van der Waals surface area contributed by atoms with Crippen LogP contribution in [0.4, 0.5) is 11.5 Å². The highest BCUT2D eigenvalue weighted by Crippen LogP contribution is 2.30. The van der Waals surface area contributed by atoms with Crippen molar-refractivity contribution in [1.29, 1.82) is 0 Å². The summed E-state index contributed by atoms with van der Waals surface area (Å²) in [6.45, 7) is 0.822. The molecule has 6 heteroatoms. The Hall–Kier alpha value is -1.30. The molecule has 98 valence electrons. The van der Waals surface area contributed by atoms with Gasteiger partial charge in [0.15, 0.2) is 5.82 Å². The number of hydrogen-bond donors (Lipinski definition) is 1. The van der Waals surface area contributed by atoms with Crippen LogP contribution in [0.3, 0.4) is 0 Å². The van der Waals surface area contributed by atoms with E-state index in [-0.39, 0.29) is 11.9 Å². The summed E-state index contributed by atoms with van der Waals surface area (Å²) in [7, 11) is 3.55. The van der Waals surface area contributed by atoms with Crippen LogP contribution in [0, 0.1) is 0 Å². The number of halogens is 1. The van der Waals surface area contributed by atoms with Gasteiger partial charge < -0.3 is 15.5 Å². The summed E-state index contributed by atoms with van der Waals surface area (Å²) in [5.74, 6) is 0.813. The molecule has 2 rings (SSSR count). The van der Waals surface area contributed by atoms with Crippen LogP contribution in [-0.4, -0.2) is 42.5 Å². The summed E-state index contributed by atoms with van der Waals surface area (Å²) in [6.07, 6.45) is 3.55. The second kappa shape index (κ2) is 5.14. The van der Waals surface area contributed by atoms with Crippen molar-refractivity contribution in [2.75, 3.05) is 31.3 Å². The minimum Gasteiger partial charge on any atom is -0.396 e. The molecule has 1 atom stereocenters. The molecule has 1 aliphatic heterocycles. The third kappa shape index (κ3) is 2.43. The minimum atomic E-state index is -0.143. The Morgan fingerprint density at radius 1 is 1.61 bits per heavy atom. The van der Waals surface area contributed by atoms with Crippen molar-refractivity contribution >= 4 is 33.3 Å². The van der Waals surface area contributed by atoms with E-state index < -0.39 is 0 Å². The molecule has 1 unspecified atom stereocenters. The number of aromatic nitrogens is 1. The number of carbonyl (C=O) groups excluding carboxylic acids is 1. The van der Waals surface area contributed by atoms with E-state index in [0.717, 1.165) is 23.9 Å². The van der Waals surface area contributed by atoms with Gasteiger partial charge in [0.2, 0.25) is 5.91 Å². The van der Waals surface area contributed by atoms with Crippen LogP contribution >= 0.6 is 15.9 Å². The number of pyridine rings is 1. The van der Waals surface area contributed by atoms with Gasteiger partial charge in [0, 0.05) is 31.3 Å². The van der Waals surface area contributed by atoms with E-state index in [1.165, 1.54) is 0 Å². The van der Waals surface area contributed by atoms with Crippen LogP contribution in [0.5, 0.6) is 0 Å². The SMILES string of the molecule is CN(C)C(=O)C1CCCN1c1ncc(Br)cc1N. The van der Waals surface area contributed by atoms with Gasteiger partial charge in [-0.15, -0.1) is 0 Å². The Morgan fingerprint density at radius 3 is 2.94 bits per heavy atom. The second-order valence-corrected chi connectivity index (χ2v) is 5.57. The lowest BCUT2D eigenvalue weighted by Crippen LogP contribution is -2.43. The number of anilines is 2. The number of nitrogen functional groups attached to an aromatic ring is 1. The molecule has 18 heavy (non-hydrogen) atoms. The van der Waals surface area contributed by atoms with Crippen LogP contribution in [0.1, 0.15) is 12.8 Å². The average Bonchev–Trinajstić information content (AvgIpc) is 2.76. The van der Waals surface area contributed by atoms with E-state index in [9.17, 15) is 4.79 Å². The first-order valence-electron chi connectivity index (χ1n) is 5.89. The summed E-state index contributed by atoms with van der Waals surface area (Å²) in [5.41, 5.74) is 6.58. The highest BCUT2D eigenvalue weighted by molar-refractivity contribution is 9.10. The summed E-state index contributed by atoms with van der Waals surface area (Å²) < 4.78 is 0.846. The van der Waals surface area contributed by atoms with Gasteiger partial charge in [-0.25, -0.2) is 4.98 Å². The van der Waals surface area contributed by atoms with Crippen molar-refractivity contribution in [3.63, 3.8) is 0 Å². The van der Waals surface area contributed by atoms with Gasteiger partial charge in [-0.2, -0.15) is 0 Å². The lowest BCUT2D eigenvalue weighted by molar-refractivity contribution is -0.129. The van der Waals surface area contributed by atoms with Gasteiger partial charge in [0.05, 0.1) is 5.69 Å². The summed E-state index contributed by atoms with van der Waals surface area (Å²) in [5, 5.41) is 0. The molecule has 0 bridgehead atoms. The molecule has 0 aromatic carbocycles. The maximum absolute atomic E-state index is 12.1. The van der Waals surface area contributed by atoms with Crippen molar-refractivity contribution in [3.05, 3.63) is 16.7 Å². The van der Waals surface area contributed by atoms with E-state index >= 15 is 0 Å². The molecular formula is C12H17BrN4O. The fourth-order valence-electron chi connectivity index (χ4n) is 2.26. The third-order valence-corrected chi connectivity index (χ3v) is 3.55. The Labute approximate surface area is 115 Å². The zero-order valence-corrected chi connectivity index (χ0v) is 12.1. The van der Waals surface area contributed by atoms with E-state index in [1.54, 1.807) is 25.2 Å². The Kier molecular flexibility index (Phi) is 3.75. The molecule has 1 aromatic rings. The molecule has 1 saturated heterocycles. The molecule has 0 saturated carbocycles. The monoisotopic (exact) mass is 312 g/mol. The van der Waals surface area contributed by atoms with Crippen LogP contribution < -0.4 is 10.6 Å². The fraction of sp³-hybridized carbons (Fsp3) is 0.500. The van der Waals surface area contributed by atoms with E-state index in [0.29, 0.717) is 11.5 Å². The zero-order chi connectivity index (χ0) is 13.3.